The number of likely N-dealkylation sites (N-methyl/N-ethyl adjacent to an activating group) is 1. The maximum atomic E-state index is 12.9. The van der Waals surface area contributed by atoms with Gasteiger partial charge in [0.25, 0.3) is 0 Å². The molecule has 1 amide bonds. The number of benzene rings is 2. The monoisotopic (exact) mass is 376 g/mol. The Morgan fingerprint density at radius 3 is 2.57 bits per heavy atom. The number of amides is 1. The van der Waals surface area contributed by atoms with Crippen LogP contribution in [-0.2, 0) is 11.3 Å². The van der Waals surface area contributed by atoms with E-state index in [1.165, 1.54) is 5.56 Å². The second-order valence-electron chi connectivity index (χ2n) is 7.45. The van der Waals surface area contributed by atoms with Crippen LogP contribution < -0.4 is 5.32 Å². The van der Waals surface area contributed by atoms with Crippen LogP contribution in [-0.4, -0.2) is 40.0 Å². The molecule has 28 heavy (non-hydrogen) atoms. The van der Waals surface area contributed by atoms with Crippen LogP contribution in [0.5, 0.6) is 0 Å². The summed E-state index contributed by atoms with van der Waals surface area (Å²) in [5, 5.41) is 3.12. The molecule has 0 bridgehead atoms. The first-order valence-electron chi connectivity index (χ1n) is 10.2. The van der Waals surface area contributed by atoms with Crippen molar-refractivity contribution < 1.29 is 4.79 Å². The van der Waals surface area contributed by atoms with E-state index in [9.17, 15) is 4.79 Å². The third-order valence-electron chi connectivity index (χ3n) is 5.78. The average Bonchev–Trinajstić information content (AvgIpc) is 3.47. The number of nitrogens with one attached hydrogen (secondary N) is 1. The Labute approximate surface area is 166 Å². The number of imidazole rings is 1. The predicted octanol–water partition coefficient (Wildman–Crippen LogP) is 4.12. The van der Waals surface area contributed by atoms with Crippen molar-refractivity contribution in [2.24, 2.45) is 5.92 Å². The third kappa shape index (κ3) is 3.80. The third-order valence-corrected chi connectivity index (χ3v) is 5.78. The smallest absolute Gasteiger partial charge is 0.230 e. The minimum absolute atomic E-state index is 0.0402. The minimum Gasteiger partial charge on any atom is -0.309 e. The molecule has 2 atom stereocenters. The molecule has 1 heterocycles. The minimum atomic E-state index is 0.0402. The normalized spacial score (nSPS) is 18.5. The van der Waals surface area contributed by atoms with Crippen LogP contribution in [0.15, 0.2) is 54.6 Å². The lowest BCUT2D eigenvalue weighted by Crippen LogP contribution is -2.28. The Kier molecular flexibility index (Phi) is 5.44. The molecule has 4 rings (SSSR count). The van der Waals surface area contributed by atoms with E-state index in [1.807, 2.05) is 36.4 Å². The standard InChI is InChI=1S/C23H28N4O/c1-3-26(4-2)14-15-27-21-13-9-8-12-20(21)24-23(27)25-22(28)19-16-18(19)17-10-6-5-7-11-17/h5-13,18-19H,3-4,14-16H2,1-2H3,(H,24,25,28)/t18-,19+/m0/s1. The quantitative estimate of drug-likeness (QED) is 0.643. The van der Waals surface area contributed by atoms with Gasteiger partial charge in [-0.05, 0) is 43.1 Å². The summed E-state index contributed by atoms with van der Waals surface area (Å²) in [5.41, 5.74) is 3.24. The van der Waals surface area contributed by atoms with Gasteiger partial charge < -0.3 is 9.47 Å². The molecule has 1 aliphatic rings. The van der Waals surface area contributed by atoms with Gasteiger partial charge in [-0.3, -0.25) is 10.1 Å². The number of nitrogens with zero attached hydrogens (tertiary/aromatic N) is 3. The summed E-state index contributed by atoms with van der Waals surface area (Å²) in [6, 6.07) is 18.4. The molecule has 0 radical (unpaired) electrons. The number of anilines is 1. The zero-order valence-electron chi connectivity index (χ0n) is 16.6. The molecular weight excluding hydrogens is 348 g/mol. The number of fused-ring (bicyclic) bond motifs is 1. The fourth-order valence-corrected chi connectivity index (χ4v) is 3.93. The molecule has 0 spiro atoms. The molecule has 1 saturated carbocycles. The fourth-order valence-electron chi connectivity index (χ4n) is 3.93. The number of hydrogen-bond donors (Lipinski definition) is 1. The first kappa shape index (κ1) is 18.7. The number of carbonyl (C=O) groups excluding carboxylic acids is 1. The van der Waals surface area contributed by atoms with Crippen molar-refractivity contribution in [2.75, 3.05) is 25.0 Å². The van der Waals surface area contributed by atoms with Crippen LogP contribution in [0.1, 0.15) is 31.7 Å². The molecular formula is C23H28N4O. The molecule has 1 fully saturated rings. The SMILES string of the molecule is CCN(CC)CCn1c(NC(=O)[C@@H]2C[C@H]2c2ccccc2)nc2ccccc21. The Bertz CT molecular complexity index is 946. The van der Waals surface area contributed by atoms with Gasteiger partial charge in [-0.2, -0.15) is 0 Å². The van der Waals surface area contributed by atoms with Crippen molar-refractivity contribution in [3.05, 3.63) is 60.2 Å². The lowest BCUT2D eigenvalue weighted by Gasteiger charge is -2.19. The molecule has 5 nitrogen and oxygen atoms in total. The number of para-hydroxylation sites is 2. The van der Waals surface area contributed by atoms with E-state index in [-0.39, 0.29) is 11.8 Å². The second kappa shape index (κ2) is 8.15. The summed E-state index contributed by atoms with van der Waals surface area (Å²) in [4.78, 5) is 19.9. The first-order valence-corrected chi connectivity index (χ1v) is 10.2. The highest BCUT2D eigenvalue weighted by molar-refractivity contribution is 5.95. The highest BCUT2D eigenvalue weighted by atomic mass is 16.2. The molecule has 1 aromatic heterocycles. The van der Waals surface area contributed by atoms with E-state index >= 15 is 0 Å². The van der Waals surface area contributed by atoms with Crippen molar-refractivity contribution in [3.8, 4) is 0 Å². The largest absolute Gasteiger partial charge is 0.309 e. The van der Waals surface area contributed by atoms with Crippen LogP contribution in [0.3, 0.4) is 0 Å². The number of aromatic nitrogens is 2. The summed E-state index contributed by atoms with van der Waals surface area (Å²) in [7, 11) is 0. The van der Waals surface area contributed by atoms with E-state index in [0.717, 1.165) is 43.6 Å². The van der Waals surface area contributed by atoms with Gasteiger partial charge in [-0.1, -0.05) is 56.3 Å². The van der Waals surface area contributed by atoms with E-state index < -0.39 is 0 Å². The molecule has 146 valence electrons. The summed E-state index contributed by atoms with van der Waals surface area (Å²) in [6.07, 6.45) is 0.912. The Morgan fingerprint density at radius 2 is 1.82 bits per heavy atom. The van der Waals surface area contributed by atoms with E-state index in [1.54, 1.807) is 0 Å². The summed E-state index contributed by atoms with van der Waals surface area (Å²) < 4.78 is 2.14. The van der Waals surface area contributed by atoms with E-state index in [0.29, 0.717) is 11.9 Å². The van der Waals surface area contributed by atoms with Crippen LogP contribution in [0.25, 0.3) is 11.0 Å². The molecule has 1 N–H and O–H groups in total. The van der Waals surface area contributed by atoms with Crippen LogP contribution in [0.2, 0.25) is 0 Å². The maximum absolute atomic E-state index is 12.9. The van der Waals surface area contributed by atoms with Crippen molar-refractivity contribution in [1.29, 1.82) is 0 Å². The molecule has 3 aromatic rings. The van der Waals surface area contributed by atoms with Gasteiger partial charge in [-0.15, -0.1) is 0 Å². The Balaban J connectivity index is 1.51. The van der Waals surface area contributed by atoms with Crippen molar-refractivity contribution in [1.82, 2.24) is 14.5 Å². The topological polar surface area (TPSA) is 50.2 Å². The van der Waals surface area contributed by atoms with Crippen LogP contribution in [0.4, 0.5) is 5.95 Å². The van der Waals surface area contributed by atoms with Crippen molar-refractivity contribution in [3.63, 3.8) is 0 Å². The summed E-state index contributed by atoms with van der Waals surface area (Å²) in [6.45, 7) is 8.14. The molecule has 0 aliphatic heterocycles. The van der Waals surface area contributed by atoms with Crippen molar-refractivity contribution in [2.45, 2.75) is 32.7 Å². The van der Waals surface area contributed by atoms with Gasteiger partial charge in [-0.25, -0.2) is 4.98 Å². The predicted molar refractivity (Wildman–Crippen MR) is 113 cm³/mol. The summed E-state index contributed by atoms with van der Waals surface area (Å²) in [5.74, 6) is 1.11. The molecule has 1 aliphatic carbocycles. The highest BCUT2D eigenvalue weighted by Crippen LogP contribution is 2.47. The number of hydrogen-bond acceptors (Lipinski definition) is 3. The maximum Gasteiger partial charge on any atom is 0.230 e. The highest BCUT2D eigenvalue weighted by Gasteiger charge is 2.44. The molecule has 2 aromatic carbocycles. The van der Waals surface area contributed by atoms with Crippen LogP contribution in [0, 0.1) is 5.92 Å². The number of rotatable bonds is 8. The fraction of sp³-hybridized carbons (Fsp3) is 0.391. The molecule has 0 unspecified atom stereocenters. The van der Waals surface area contributed by atoms with Gasteiger partial charge in [0.1, 0.15) is 0 Å². The Morgan fingerprint density at radius 1 is 1.11 bits per heavy atom. The van der Waals surface area contributed by atoms with E-state index in [4.69, 9.17) is 4.98 Å². The van der Waals surface area contributed by atoms with Gasteiger partial charge >= 0.3 is 0 Å². The van der Waals surface area contributed by atoms with Crippen LogP contribution >= 0.6 is 0 Å². The Hall–Kier alpha value is -2.66. The van der Waals surface area contributed by atoms with Gasteiger partial charge in [0.05, 0.1) is 11.0 Å². The lowest BCUT2D eigenvalue weighted by atomic mass is 10.1. The average molecular weight is 377 g/mol. The van der Waals surface area contributed by atoms with Gasteiger partial charge in [0.15, 0.2) is 0 Å². The molecule has 0 saturated heterocycles. The van der Waals surface area contributed by atoms with Gasteiger partial charge in [0, 0.05) is 19.0 Å². The molecule has 5 heteroatoms. The first-order chi connectivity index (χ1) is 13.7. The second-order valence-corrected chi connectivity index (χ2v) is 7.45. The van der Waals surface area contributed by atoms with Gasteiger partial charge in [0.2, 0.25) is 11.9 Å². The lowest BCUT2D eigenvalue weighted by molar-refractivity contribution is -0.117. The summed E-state index contributed by atoms with van der Waals surface area (Å²) >= 11 is 0. The zero-order chi connectivity index (χ0) is 19.5. The number of carbonyl (C=O) groups is 1. The van der Waals surface area contributed by atoms with Crippen molar-refractivity contribution >= 4 is 22.9 Å². The zero-order valence-corrected chi connectivity index (χ0v) is 16.6. The van der Waals surface area contributed by atoms with E-state index in [2.05, 4.69) is 46.8 Å².